The van der Waals surface area contributed by atoms with E-state index in [1.807, 2.05) is 36.4 Å². The van der Waals surface area contributed by atoms with E-state index >= 15 is 0 Å². The maximum Gasteiger partial charge on any atom is 0.130 e. The van der Waals surface area contributed by atoms with Gasteiger partial charge in [-0.25, -0.2) is 0 Å². The standard InChI is InChI=1S/C54H38N2O4/c1-5-19-43-35(11-1)23-27-47-51(43)52-44-20-6-2-12-36(44)24-28-48(52)58-32-40-16-10-18-42(56-40)34-60-50-30-26-38-14-4-8-22-46(38)54(50)53-45-21-7-3-13-37(45)25-29-49(53)59-33-41-17-9-15-39(55-41)31-57-47/h1-30H,31-34H2. The molecule has 11 rings (SSSR count). The van der Waals surface area contributed by atoms with E-state index in [2.05, 4.69) is 146 Å². The van der Waals surface area contributed by atoms with E-state index in [4.69, 9.17) is 28.9 Å². The maximum atomic E-state index is 6.79. The van der Waals surface area contributed by atoms with Crippen LogP contribution in [0, 0.1) is 0 Å². The van der Waals surface area contributed by atoms with Crippen molar-refractivity contribution in [1.82, 2.24) is 9.97 Å². The Bertz CT molecular complexity index is 2820. The van der Waals surface area contributed by atoms with E-state index in [0.29, 0.717) is 0 Å². The summed E-state index contributed by atoms with van der Waals surface area (Å²) in [7, 11) is 0. The van der Waals surface area contributed by atoms with Crippen LogP contribution in [0.2, 0.25) is 0 Å². The minimum atomic E-state index is 0.259. The molecule has 60 heavy (non-hydrogen) atoms. The van der Waals surface area contributed by atoms with Gasteiger partial charge in [0.05, 0.1) is 22.8 Å². The van der Waals surface area contributed by atoms with Gasteiger partial charge in [-0.3, -0.25) is 9.97 Å². The molecule has 8 aromatic carbocycles. The summed E-state index contributed by atoms with van der Waals surface area (Å²) in [5, 5.41) is 8.69. The van der Waals surface area contributed by atoms with Gasteiger partial charge < -0.3 is 18.9 Å². The highest BCUT2D eigenvalue weighted by Crippen LogP contribution is 2.47. The fourth-order valence-electron chi connectivity index (χ4n) is 8.51. The molecule has 0 radical (unpaired) electrons. The quantitative estimate of drug-likeness (QED) is 0.153. The van der Waals surface area contributed by atoms with Crippen molar-refractivity contribution in [3.8, 4) is 45.3 Å². The number of rotatable bonds is 0. The minimum Gasteiger partial charge on any atom is -0.487 e. The van der Waals surface area contributed by atoms with Gasteiger partial charge in [0.25, 0.3) is 0 Å². The highest BCUT2D eigenvalue weighted by Gasteiger charge is 2.22. The Morgan fingerprint density at radius 2 is 0.500 bits per heavy atom. The third-order valence-corrected chi connectivity index (χ3v) is 11.3. The van der Waals surface area contributed by atoms with Gasteiger partial charge in [-0.05, 0) is 91.6 Å². The Balaban J connectivity index is 1.08. The molecule has 0 atom stereocenters. The fraction of sp³-hybridized carbons (Fsp3) is 0.0741. The van der Waals surface area contributed by atoms with E-state index in [0.717, 1.165) is 111 Å². The van der Waals surface area contributed by atoms with Gasteiger partial charge in [-0.15, -0.1) is 0 Å². The van der Waals surface area contributed by atoms with E-state index < -0.39 is 0 Å². The number of hydrogen-bond donors (Lipinski definition) is 0. The smallest absolute Gasteiger partial charge is 0.130 e. The normalized spacial score (nSPS) is 12.9. The largest absolute Gasteiger partial charge is 0.487 e. The molecule has 0 aliphatic carbocycles. The van der Waals surface area contributed by atoms with E-state index in [-0.39, 0.29) is 26.4 Å². The zero-order valence-corrected chi connectivity index (χ0v) is 32.7. The van der Waals surface area contributed by atoms with Crippen molar-refractivity contribution in [1.29, 1.82) is 0 Å². The van der Waals surface area contributed by atoms with E-state index in [1.165, 1.54) is 0 Å². The first kappa shape index (κ1) is 35.5. The average Bonchev–Trinajstić information content (AvgIpc) is 3.30. The SMILES string of the molecule is c1cc2nc(c1)COc1ccc3ccccc3c1-c1c(ccc3ccccc13)OCc1cccc(n1)COc1ccc3ccccc3c1-c1c(ccc3ccccc13)OC2. The Hall–Kier alpha value is -7.70. The third kappa shape index (κ3) is 6.58. The molecule has 1 aliphatic rings. The molecule has 2 aromatic heterocycles. The van der Waals surface area contributed by atoms with Crippen molar-refractivity contribution in [3.63, 3.8) is 0 Å². The van der Waals surface area contributed by atoms with Gasteiger partial charge >= 0.3 is 0 Å². The van der Waals surface area contributed by atoms with Crippen LogP contribution in [0.4, 0.5) is 0 Å². The predicted octanol–water partition coefficient (Wildman–Crippen LogP) is 13.1. The molecular formula is C54H38N2O4. The highest BCUT2D eigenvalue weighted by atomic mass is 16.5. The lowest BCUT2D eigenvalue weighted by molar-refractivity contribution is 0.287. The monoisotopic (exact) mass is 778 g/mol. The number of benzene rings is 8. The van der Waals surface area contributed by atoms with Crippen LogP contribution < -0.4 is 18.9 Å². The molecule has 0 spiro atoms. The lowest BCUT2D eigenvalue weighted by atomic mass is 9.92. The van der Waals surface area contributed by atoms with Crippen molar-refractivity contribution < 1.29 is 18.9 Å². The number of fused-ring (bicyclic) bond motifs is 18. The van der Waals surface area contributed by atoms with Gasteiger partial charge in [0.1, 0.15) is 49.4 Å². The second kappa shape index (κ2) is 15.2. The first-order valence-electron chi connectivity index (χ1n) is 20.2. The second-order valence-electron chi connectivity index (χ2n) is 15.0. The maximum absolute atomic E-state index is 6.79. The van der Waals surface area contributed by atoms with E-state index in [9.17, 15) is 0 Å². The lowest BCUT2D eigenvalue weighted by Gasteiger charge is -2.20. The summed E-state index contributed by atoms with van der Waals surface area (Å²) in [6.45, 7) is 1.03. The minimum absolute atomic E-state index is 0.259. The first-order chi connectivity index (χ1) is 29.7. The van der Waals surface area contributed by atoms with Crippen LogP contribution in [0.25, 0.3) is 65.3 Å². The van der Waals surface area contributed by atoms with E-state index in [1.54, 1.807) is 0 Å². The molecule has 6 heteroatoms. The number of nitrogens with zero attached hydrogens (tertiary/aromatic N) is 2. The molecule has 3 heterocycles. The molecule has 0 amide bonds. The van der Waals surface area contributed by atoms with Crippen molar-refractivity contribution in [3.05, 3.63) is 205 Å². The third-order valence-electron chi connectivity index (χ3n) is 11.3. The Morgan fingerprint density at radius 3 is 0.767 bits per heavy atom. The number of ether oxygens (including phenoxy) is 4. The Labute approximate surface area is 347 Å². The van der Waals surface area contributed by atoms with Crippen LogP contribution in [0.1, 0.15) is 22.8 Å². The molecule has 288 valence electrons. The summed E-state index contributed by atoms with van der Waals surface area (Å²) >= 11 is 0. The fourth-order valence-corrected chi connectivity index (χ4v) is 8.51. The van der Waals surface area contributed by atoms with Gasteiger partial charge in [0.2, 0.25) is 0 Å². The van der Waals surface area contributed by atoms with Crippen LogP contribution in [-0.4, -0.2) is 9.97 Å². The zero-order chi connectivity index (χ0) is 39.8. The topological polar surface area (TPSA) is 62.7 Å². The van der Waals surface area contributed by atoms with Crippen molar-refractivity contribution in [2.24, 2.45) is 0 Å². The number of hydrogen-bond acceptors (Lipinski definition) is 6. The summed E-state index contributed by atoms with van der Waals surface area (Å²) < 4.78 is 27.2. The average molecular weight is 779 g/mol. The van der Waals surface area contributed by atoms with Crippen LogP contribution in [0.3, 0.4) is 0 Å². The van der Waals surface area contributed by atoms with Gasteiger partial charge in [0.15, 0.2) is 0 Å². The van der Waals surface area contributed by atoms with Gasteiger partial charge in [-0.2, -0.15) is 0 Å². The van der Waals surface area contributed by atoms with Crippen LogP contribution in [-0.2, 0) is 26.4 Å². The molecule has 4 bridgehead atoms. The van der Waals surface area contributed by atoms with Gasteiger partial charge in [0, 0.05) is 22.3 Å². The predicted molar refractivity (Wildman–Crippen MR) is 240 cm³/mol. The lowest BCUT2D eigenvalue weighted by Crippen LogP contribution is -2.06. The first-order valence-corrected chi connectivity index (χ1v) is 20.2. The summed E-state index contributed by atoms with van der Waals surface area (Å²) in [4.78, 5) is 10.1. The van der Waals surface area contributed by atoms with Crippen molar-refractivity contribution in [2.45, 2.75) is 26.4 Å². The van der Waals surface area contributed by atoms with Crippen LogP contribution >= 0.6 is 0 Å². The molecule has 0 saturated carbocycles. The summed E-state index contributed by atoms with van der Waals surface area (Å²) in [5.74, 6) is 2.96. The zero-order valence-electron chi connectivity index (χ0n) is 32.7. The van der Waals surface area contributed by atoms with Crippen molar-refractivity contribution >= 4 is 43.1 Å². The Morgan fingerprint density at radius 1 is 0.250 bits per heavy atom. The number of aromatic nitrogens is 2. The molecule has 0 fully saturated rings. The molecule has 10 aromatic rings. The van der Waals surface area contributed by atoms with Gasteiger partial charge in [-0.1, -0.05) is 133 Å². The number of pyridine rings is 2. The Kier molecular flexibility index (Phi) is 9.00. The van der Waals surface area contributed by atoms with Crippen molar-refractivity contribution in [2.75, 3.05) is 0 Å². The highest BCUT2D eigenvalue weighted by molar-refractivity contribution is 6.11. The summed E-state index contributed by atoms with van der Waals surface area (Å²) in [6.07, 6.45) is 0. The second-order valence-corrected chi connectivity index (χ2v) is 15.0. The van der Waals surface area contributed by atoms with Crippen LogP contribution in [0.5, 0.6) is 23.0 Å². The summed E-state index contributed by atoms with van der Waals surface area (Å²) in [5.41, 5.74) is 7.03. The molecule has 0 saturated heterocycles. The van der Waals surface area contributed by atoms with Crippen LogP contribution in [0.15, 0.2) is 182 Å². The molecular weight excluding hydrogens is 741 g/mol. The molecule has 6 nitrogen and oxygen atoms in total. The molecule has 0 N–H and O–H groups in total. The molecule has 1 aliphatic heterocycles. The summed E-state index contributed by atoms with van der Waals surface area (Å²) in [6, 6.07) is 62.4. The molecule has 0 unspecified atom stereocenters.